The molecule has 0 saturated carbocycles. The lowest BCUT2D eigenvalue weighted by Crippen LogP contribution is -2.52. The van der Waals surface area contributed by atoms with Crippen molar-refractivity contribution in [3.05, 3.63) is 35.9 Å². The first kappa shape index (κ1) is 17.3. The zero-order chi connectivity index (χ0) is 16.2. The van der Waals surface area contributed by atoms with Crippen molar-refractivity contribution in [3.8, 4) is 0 Å². The van der Waals surface area contributed by atoms with Crippen LogP contribution in [0.4, 0.5) is 0 Å². The van der Waals surface area contributed by atoms with Crippen molar-refractivity contribution < 1.29 is 9.53 Å². The number of alkyl halides is 1. The van der Waals surface area contributed by atoms with Gasteiger partial charge in [0, 0.05) is 12.5 Å². The van der Waals surface area contributed by atoms with Gasteiger partial charge in [-0.25, -0.2) is 0 Å². The molecule has 1 aliphatic heterocycles. The molecule has 2 N–H and O–H groups in total. The summed E-state index contributed by atoms with van der Waals surface area (Å²) in [5.41, 5.74) is 6.27. The lowest BCUT2D eigenvalue weighted by Gasteiger charge is -2.29. The Balaban J connectivity index is 1.86. The van der Waals surface area contributed by atoms with Crippen molar-refractivity contribution in [1.29, 1.82) is 0 Å². The van der Waals surface area contributed by atoms with Crippen molar-refractivity contribution in [2.45, 2.75) is 38.3 Å². The third kappa shape index (κ3) is 4.70. The van der Waals surface area contributed by atoms with Gasteiger partial charge in [0.1, 0.15) is 0 Å². The Bertz CT molecular complexity index is 487. The molecule has 5 heteroatoms. The third-order valence-electron chi connectivity index (χ3n) is 3.93. The molecule has 122 valence electrons. The van der Waals surface area contributed by atoms with Gasteiger partial charge in [0.2, 0.25) is 5.91 Å². The highest BCUT2D eigenvalue weighted by Crippen LogP contribution is 2.24. The number of nitrogens with zero attached hydrogens (tertiary/aromatic N) is 1. The third-order valence-corrected chi connectivity index (χ3v) is 4.22. The largest absolute Gasteiger partial charge is 0.378 e. The van der Waals surface area contributed by atoms with Crippen molar-refractivity contribution in [2.24, 2.45) is 11.7 Å². The Kier molecular flexibility index (Phi) is 5.84. The molecule has 0 aromatic heterocycles. The first-order chi connectivity index (χ1) is 10.4. The molecular formula is C17H25ClN2O2. The van der Waals surface area contributed by atoms with E-state index in [1.54, 1.807) is 18.7 Å². The topological polar surface area (TPSA) is 55.6 Å². The van der Waals surface area contributed by atoms with E-state index >= 15 is 0 Å². The SMILES string of the molecule is CC(C)(N)C(=O)N(CCl)CC1COC(Cc2ccccc2)C1. The quantitative estimate of drug-likeness (QED) is 0.645. The molecule has 2 atom stereocenters. The molecule has 1 saturated heterocycles. The number of amides is 1. The summed E-state index contributed by atoms with van der Waals surface area (Å²) in [5, 5.41) is 0. The fourth-order valence-electron chi connectivity index (χ4n) is 2.83. The minimum atomic E-state index is -0.891. The number of hydrogen-bond donors (Lipinski definition) is 1. The number of carbonyl (C=O) groups is 1. The van der Waals surface area contributed by atoms with Gasteiger partial charge >= 0.3 is 0 Å². The van der Waals surface area contributed by atoms with Crippen LogP contribution in [-0.4, -0.2) is 41.6 Å². The van der Waals surface area contributed by atoms with E-state index in [0.29, 0.717) is 19.1 Å². The van der Waals surface area contributed by atoms with Crippen LogP contribution in [0.5, 0.6) is 0 Å². The van der Waals surface area contributed by atoms with Crippen LogP contribution in [-0.2, 0) is 16.0 Å². The standard InChI is InChI=1S/C17H25ClN2O2/c1-17(2,19)16(21)20(12-18)10-14-9-15(22-11-14)8-13-6-4-3-5-7-13/h3-7,14-15H,8-12,19H2,1-2H3. The van der Waals surface area contributed by atoms with E-state index in [2.05, 4.69) is 12.1 Å². The Morgan fingerprint density at radius 2 is 2.09 bits per heavy atom. The zero-order valence-corrected chi connectivity index (χ0v) is 14.1. The summed E-state index contributed by atoms with van der Waals surface area (Å²) >= 11 is 5.92. The molecule has 2 rings (SSSR count). The predicted octanol–water partition coefficient (Wildman–Crippen LogP) is 2.40. The summed E-state index contributed by atoms with van der Waals surface area (Å²) in [6.07, 6.45) is 2.07. The molecule has 22 heavy (non-hydrogen) atoms. The van der Waals surface area contributed by atoms with E-state index in [4.69, 9.17) is 22.1 Å². The maximum atomic E-state index is 12.2. The normalized spacial score (nSPS) is 21.8. The molecule has 0 radical (unpaired) electrons. The molecule has 4 nitrogen and oxygen atoms in total. The molecule has 1 amide bonds. The summed E-state index contributed by atoms with van der Waals surface area (Å²) in [5.74, 6) is 0.202. The number of hydrogen-bond acceptors (Lipinski definition) is 3. The number of ether oxygens (including phenoxy) is 1. The number of halogens is 1. The van der Waals surface area contributed by atoms with Crippen molar-refractivity contribution in [3.63, 3.8) is 0 Å². The molecular weight excluding hydrogens is 300 g/mol. The van der Waals surface area contributed by atoms with Crippen LogP contribution in [0.15, 0.2) is 30.3 Å². The first-order valence-corrected chi connectivity index (χ1v) is 8.23. The Hall–Kier alpha value is -1.10. The lowest BCUT2D eigenvalue weighted by molar-refractivity contribution is -0.135. The van der Waals surface area contributed by atoms with E-state index in [0.717, 1.165) is 12.8 Å². The second-order valence-electron chi connectivity index (χ2n) is 6.62. The van der Waals surface area contributed by atoms with E-state index < -0.39 is 5.54 Å². The van der Waals surface area contributed by atoms with Crippen molar-refractivity contribution in [1.82, 2.24) is 4.90 Å². The fraction of sp³-hybridized carbons (Fsp3) is 0.588. The summed E-state index contributed by atoms with van der Waals surface area (Å²) in [7, 11) is 0. The molecule has 1 aliphatic rings. The predicted molar refractivity (Wildman–Crippen MR) is 88.7 cm³/mol. The van der Waals surface area contributed by atoms with E-state index in [1.165, 1.54) is 5.56 Å². The van der Waals surface area contributed by atoms with Crippen LogP contribution in [0.3, 0.4) is 0 Å². The molecule has 0 bridgehead atoms. The smallest absolute Gasteiger partial charge is 0.243 e. The number of carbonyl (C=O) groups excluding carboxylic acids is 1. The molecule has 1 heterocycles. The minimum absolute atomic E-state index is 0.117. The second-order valence-corrected chi connectivity index (χ2v) is 6.85. The number of benzene rings is 1. The maximum absolute atomic E-state index is 12.2. The summed E-state index contributed by atoms with van der Waals surface area (Å²) in [6, 6.07) is 10.5. The van der Waals surface area contributed by atoms with Crippen LogP contribution in [0.25, 0.3) is 0 Å². The molecule has 0 spiro atoms. The lowest BCUT2D eigenvalue weighted by atomic mass is 9.99. The van der Waals surface area contributed by atoms with Crippen LogP contribution in [0.2, 0.25) is 0 Å². The minimum Gasteiger partial charge on any atom is -0.378 e. The van der Waals surface area contributed by atoms with Gasteiger partial charge in [-0.15, -0.1) is 11.6 Å². The van der Waals surface area contributed by atoms with E-state index in [1.807, 2.05) is 18.2 Å². The number of rotatable bonds is 6. The monoisotopic (exact) mass is 324 g/mol. The molecule has 1 aromatic rings. The van der Waals surface area contributed by atoms with Crippen molar-refractivity contribution >= 4 is 17.5 Å². The van der Waals surface area contributed by atoms with Gasteiger partial charge < -0.3 is 15.4 Å². The summed E-state index contributed by atoms with van der Waals surface area (Å²) in [6.45, 7) is 4.69. The number of nitrogens with two attached hydrogens (primary N) is 1. The van der Waals surface area contributed by atoms with Crippen LogP contribution < -0.4 is 5.73 Å². The van der Waals surface area contributed by atoms with Crippen molar-refractivity contribution in [2.75, 3.05) is 19.2 Å². The molecule has 1 aromatic carbocycles. The van der Waals surface area contributed by atoms with Crippen LogP contribution in [0.1, 0.15) is 25.8 Å². The van der Waals surface area contributed by atoms with Crippen LogP contribution >= 0.6 is 11.6 Å². The second kappa shape index (κ2) is 7.44. The van der Waals surface area contributed by atoms with Gasteiger partial charge in [0.25, 0.3) is 0 Å². The van der Waals surface area contributed by atoms with Gasteiger partial charge in [-0.05, 0) is 32.3 Å². The highest BCUT2D eigenvalue weighted by molar-refractivity contribution is 6.18. The molecule has 0 aliphatic carbocycles. The van der Waals surface area contributed by atoms with E-state index in [-0.39, 0.29) is 18.0 Å². The Labute approximate surface area is 137 Å². The highest BCUT2D eigenvalue weighted by atomic mass is 35.5. The zero-order valence-electron chi connectivity index (χ0n) is 13.3. The summed E-state index contributed by atoms with van der Waals surface area (Å²) in [4.78, 5) is 13.9. The Morgan fingerprint density at radius 3 is 2.68 bits per heavy atom. The maximum Gasteiger partial charge on any atom is 0.243 e. The molecule has 2 unspecified atom stereocenters. The average Bonchev–Trinajstić information content (AvgIpc) is 2.91. The first-order valence-electron chi connectivity index (χ1n) is 7.70. The summed E-state index contributed by atoms with van der Waals surface area (Å²) < 4.78 is 5.87. The van der Waals surface area contributed by atoms with Gasteiger partial charge in [0.05, 0.1) is 24.3 Å². The Morgan fingerprint density at radius 1 is 1.41 bits per heavy atom. The average molecular weight is 325 g/mol. The molecule has 1 fully saturated rings. The van der Waals surface area contributed by atoms with Crippen LogP contribution in [0, 0.1) is 5.92 Å². The van der Waals surface area contributed by atoms with Gasteiger partial charge in [0.15, 0.2) is 0 Å². The highest BCUT2D eigenvalue weighted by Gasteiger charge is 2.32. The van der Waals surface area contributed by atoms with E-state index in [9.17, 15) is 4.79 Å². The van der Waals surface area contributed by atoms with Gasteiger partial charge in [-0.3, -0.25) is 4.79 Å². The van der Waals surface area contributed by atoms with Gasteiger partial charge in [-0.2, -0.15) is 0 Å². The van der Waals surface area contributed by atoms with Gasteiger partial charge in [-0.1, -0.05) is 30.3 Å². The fourth-order valence-corrected chi connectivity index (χ4v) is 3.04.